The molecule has 21 heavy (non-hydrogen) atoms. The Morgan fingerprint density at radius 3 is 2.52 bits per heavy atom. The molecule has 1 amide bonds. The molecule has 0 atom stereocenters. The van der Waals surface area contributed by atoms with Crippen molar-refractivity contribution in [2.24, 2.45) is 0 Å². The smallest absolute Gasteiger partial charge is 0.306 e. The largest absolute Gasteiger partial charge is 0.497 e. The third-order valence-electron chi connectivity index (χ3n) is 2.60. The quantitative estimate of drug-likeness (QED) is 0.818. The fourth-order valence-electron chi connectivity index (χ4n) is 1.68. The highest BCUT2D eigenvalue weighted by molar-refractivity contribution is 5.81. The summed E-state index contributed by atoms with van der Waals surface area (Å²) in [5.41, 5.74) is 0.425. The van der Waals surface area contributed by atoms with Crippen molar-refractivity contribution in [3.05, 3.63) is 29.8 Å². The van der Waals surface area contributed by atoms with Crippen LogP contribution >= 0.6 is 0 Å². The van der Waals surface area contributed by atoms with Gasteiger partial charge in [-0.1, -0.05) is 12.1 Å². The summed E-state index contributed by atoms with van der Waals surface area (Å²) < 4.78 is 10.3. The second-order valence-corrected chi connectivity index (χ2v) is 5.71. The van der Waals surface area contributed by atoms with E-state index in [1.807, 2.05) is 24.3 Å². The summed E-state index contributed by atoms with van der Waals surface area (Å²) in [6.07, 6.45) is 0.208. The minimum atomic E-state index is -0.520. The predicted molar refractivity (Wildman–Crippen MR) is 79.9 cm³/mol. The van der Waals surface area contributed by atoms with Gasteiger partial charge in [-0.25, -0.2) is 0 Å². The van der Waals surface area contributed by atoms with Crippen molar-refractivity contribution in [2.45, 2.75) is 45.8 Å². The summed E-state index contributed by atoms with van der Waals surface area (Å²) in [4.78, 5) is 23.2. The zero-order valence-electron chi connectivity index (χ0n) is 13.1. The van der Waals surface area contributed by atoms with Gasteiger partial charge in [-0.3, -0.25) is 9.59 Å². The van der Waals surface area contributed by atoms with Gasteiger partial charge in [0.05, 0.1) is 13.5 Å². The molecule has 0 aliphatic carbocycles. The molecule has 0 fully saturated rings. The summed E-state index contributed by atoms with van der Waals surface area (Å²) in [6.45, 7) is 5.81. The van der Waals surface area contributed by atoms with Gasteiger partial charge in [0, 0.05) is 13.0 Å². The number of carbonyl (C=O) groups is 2. The van der Waals surface area contributed by atoms with Gasteiger partial charge in [0.15, 0.2) is 0 Å². The summed E-state index contributed by atoms with van der Waals surface area (Å²) in [7, 11) is 1.60. The minimum Gasteiger partial charge on any atom is -0.497 e. The van der Waals surface area contributed by atoms with Gasteiger partial charge >= 0.3 is 5.97 Å². The van der Waals surface area contributed by atoms with Crippen molar-refractivity contribution in [2.75, 3.05) is 7.11 Å². The van der Waals surface area contributed by atoms with Crippen molar-refractivity contribution < 1.29 is 19.1 Å². The highest BCUT2D eigenvalue weighted by Gasteiger charge is 2.16. The number of benzene rings is 1. The molecule has 0 radical (unpaired) electrons. The van der Waals surface area contributed by atoms with Crippen LogP contribution < -0.4 is 10.1 Å². The third kappa shape index (κ3) is 7.34. The topological polar surface area (TPSA) is 64.6 Å². The van der Waals surface area contributed by atoms with E-state index in [-0.39, 0.29) is 24.7 Å². The maximum atomic E-state index is 11.7. The number of methoxy groups -OCH3 is 1. The van der Waals surface area contributed by atoms with E-state index in [1.54, 1.807) is 27.9 Å². The Kier molecular flexibility index (Phi) is 6.21. The van der Waals surface area contributed by atoms with Crippen LogP contribution in [0.15, 0.2) is 24.3 Å². The standard InChI is InChI=1S/C16H23NO4/c1-16(2,3)21-15(19)9-8-14(18)17-11-12-6-5-7-13(10-12)20-4/h5-7,10H,8-9,11H2,1-4H3,(H,17,18). The van der Waals surface area contributed by atoms with Crippen LogP contribution in [0.5, 0.6) is 5.75 Å². The van der Waals surface area contributed by atoms with E-state index in [0.717, 1.165) is 11.3 Å². The van der Waals surface area contributed by atoms with Crippen molar-refractivity contribution in [1.82, 2.24) is 5.32 Å². The summed E-state index contributed by atoms with van der Waals surface area (Å²) in [5.74, 6) is 0.207. The lowest BCUT2D eigenvalue weighted by molar-refractivity contribution is -0.155. The molecule has 0 saturated heterocycles. The summed E-state index contributed by atoms with van der Waals surface area (Å²) in [5, 5.41) is 2.77. The molecule has 1 rings (SSSR count). The van der Waals surface area contributed by atoms with E-state index in [2.05, 4.69) is 5.32 Å². The van der Waals surface area contributed by atoms with Gasteiger partial charge in [-0.05, 0) is 38.5 Å². The Morgan fingerprint density at radius 2 is 1.90 bits per heavy atom. The highest BCUT2D eigenvalue weighted by atomic mass is 16.6. The SMILES string of the molecule is COc1cccc(CNC(=O)CCC(=O)OC(C)(C)C)c1. The fraction of sp³-hybridized carbons (Fsp3) is 0.500. The number of amides is 1. The molecular formula is C16H23NO4. The predicted octanol–water partition coefficient (Wildman–Crippen LogP) is 2.43. The van der Waals surface area contributed by atoms with E-state index in [1.165, 1.54) is 0 Å². The molecule has 0 unspecified atom stereocenters. The number of esters is 1. The Labute approximate surface area is 125 Å². The van der Waals surface area contributed by atoms with Gasteiger partial charge < -0.3 is 14.8 Å². The van der Waals surface area contributed by atoms with Crippen LogP contribution in [0.3, 0.4) is 0 Å². The number of hydrogen-bond donors (Lipinski definition) is 1. The van der Waals surface area contributed by atoms with Gasteiger partial charge in [-0.15, -0.1) is 0 Å². The van der Waals surface area contributed by atoms with E-state index >= 15 is 0 Å². The maximum absolute atomic E-state index is 11.7. The van der Waals surface area contributed by atoms with E-state index in [4.69, 9.17) is 9.47 Å². The van der Waals surface area contributed by atoms with Gasteiger partial charge in [0.2, 0.25) is 5.91 Å². The zero-order chi connectivity index (χ0) is 15.9. The lowest BCUT2D eigenvalue weighted by atomic mass is 10.2. The molecule has 0 heterocycles. The summed E-state index contributed by atoms with van der Waals surface area (Å²) in [6, 6.07) is 7.46. The second-order valence-electron chi connectivity index (χ2n) is 5.71. The lowest BCUT2D eigenvalue weighted by Gasteiger charge is -2.19. The molecule has 0 aliphatic heterocycles. The highest BCUT2D eigenvalue weighted by Crippen LogP contribution is 2.12. The first-order valence-corrected chi connectivity index (χ1v) is 6.91. The van der Waals surface area contributed by atoms with E-state index in [0.29, 0.717) is 6.54 Å². The maximum Gasteiger partial charge on any atom is 0.306 e. The molecule has 0 spiro atoms. The number of rotatable bonds is 6. The van der Waals surface area contributed by atoms with Crippen LogP contribution in [0.1, 0.15) is 39.2 Å². The molecule has 0 aliphatic rings. The average molecular weight is 293 g/mol. The number of hydrogen-bond acceptors (Lipinski definition) is 4. The minimum absolute atomic E-state index is 0.0845. The third-order valence-corrected chi connectivity index (χ3v) is 2.60. The fourth-order valence-corrected chi connectivity index (χ4v) is 1.68. The summed E-state index contributed by atoms with van der Waals surface area (Å²) >= 11 is 0. The van der Waals surface area contributed by atoms with E-state index in [9.17, 15) is 9.59 Å². The Morgan fingerprint density at radius 1 is 1.19 bits per heavy atom. The molecular weight excluding hydrogens is 270 g/mol. The molecule has 116 valence electrons. The van der Waals surface area contributed by atoms with Crippen molar-refractivity contribution >= 4 is 11.9 Å². The monoisotopic (exact) mass is 293 g/mol. The lowest BCUT2D eigenvalue weighted by Crippen LogP contribution is -2.26. The first-order valence-electron chi connectivity index (χ1n) is 6.91. The van der Waals surface area contributed by atoms with Crippen LogP contribution in [-0.2, 0) is 20.9 Å². The van der Waals surface area contributed by atoms with Gasteiger partial charge in [-0.2, -0.15) is 0 Å². The van der Waals surface area contributed by atoms with Crippen LogP contribution in [0.25, 0.3) is 0 Å². The number of nitrogens with one attached hydrogen (secondary N) is 1. The molecule has 1 aromatic rings. The molecule has 0 bridgehead atoms. The van der Waals surface area contributed by atoms with Gasteiger partial charge in [0.1, 0.15) is 11.4 Å². The zero-order valence-corrected chi connectivity index (χ0v) is 13.1. The molecule has 5 heteroatoms. The Balaban J connectivity index is 2.32. The van der Waals surface area contributed by atoms with E-state index < -0.39 is 5.60 Å². The molecule has 5 nitrogen and oxygen atoms in total. The molecule has 1 N–H and O–H groups in total. The normalized spacial score (nSPS) is 10.9. The van der Waals surface area contributed by atoms with Crippen molar-refractivity contribution in [3.63, 3.8) is 0 Å². The first kappa shape index (κ1) is 17.0. The van der Waals surface area contributed by atoms with Gasteiger partial charge in [0.25, 0.3) is 0 Å². The molecule has 0 aromatic heterocycles. The molecule has 1 aromatic carbocycles. The first-order chi connectivity index (χ1) is 9.80. The molecule has 0 saturated carbocycles. The Hall–Kier alpha value is -2.04. The Bertz CT molecular complexity index is 491. The van der Waals surface area contributed by atoms with Crippen LogP contribution in [0, 0.1) is 0 Å². The number of ether oxygens (including phenoxy) is 2. The van der Waals surface area contributed by atoms with Crippen molar-refractivity contribution in [1.29, 1.82) is 0 Å². The van der Waals surface area contributed by atoms with Crippen LogP contribution in [0.2, 0.25) is 0 Å². The second kappa shape index (κ2) is 7.67. The van der Waals surface area contributed by atoms with Crippen LogP contribution in [0.4, 0.5) is 0 Å². The van der Waals surface area contributed by atoms with Crippen LogP contribution in [-0.4, -0.2) is 24.6 Å². The average Bonchev–Trinajstić information content (AvgIpc) is 2.41. The number of carbonyl (C=O) groups excluding carboxylic acids is 2. The van der Waals surface area contributed by atoms with Crippen molar-refractivity contribution in [3.8, 4) is 5.75 Å².